The Labute approximate surface area is 138 Å². The number of nitriles is 1. The van der Waals surface area contributed by atoms with Crippen LogP contribution in [0.25, 0.3) is 0 Å². The van der Waals surface area contributed by atoms with E-state index in [0.29, 0.717) is 17.6 Å². The van der Waals surface area contributed by atoms with Gasteiger partial charge in [0.25, 0.3) is 0 Å². The van der Waals surface area contributed by atoms with Crippen molar-refractivity contribution in [3.8, 4) is 6.07 Å². The molecule has 0 aliphatic carbocycles. The summed E-state index contributed by atoms with van der Waals surface area (Å²) in [6.45, 7) is 6.21. The van der Waals surface area contributed by atoms with Crippen LogP contribution in [-0.2, 0) is 4.74 Å². The van der Waals surface area contributed by atoms with Crippen molar-refractivity contribution in [2.45, 2.75) is 44.7 Å². The fourth-order valence-corrected chi connectivity index (χ4v) is 3.64. The Kier molecular flexibility index (Phi) is 5.47. The lowest BCUT2D eigenvalue weighted by Crippen LogP contribution is -2.48. The molecule has 1 atom stereocenters. The molecule has 5 heteroatoms. The van der Waals surface area contributed by atoms with E-state index in [-0.39, 0.29) is 0 Å². The van der Waals surface area contributed by atoms with Gasteiger partial charge in [0.05, 0.1) is 5.56 Å². The molecule has 0 bridgehead atoms. The molecule has 124 valence electrons. The number of hydrogen-bond donors (Lipinski definition) is 1. The summed E-state index contributed by atoms with van der Waals surface area (Å²) in [5, 5.41) is 12.7. The minimum Gasteiger partial charge on any atom is -0.381 e. The summed E-state index contributed by atoms with van der Waals surface area (Å²) < 4.78 is 5.46. The van der Waals surface area contributed by atoms with E-state index < -0.39 is 0 Å². The van der Waals surface area contributed by atoms with Crippen molar-refractivity contribution in [2.24, 2.45) is 5.92 Å². The van der Waals surface area contributed by atoms with Gasteiger partial charge < -0.3 is 15.0 Å². The summed E-state index contributed by atoms with van der Waals surface area (Å²) in [4.78, 5) is 6.72. The van der Waals surface area contributed by atoms with Crippen LogP contribution in [0.3, 0.4) is 0 Å². The number of rotatable bonds is 4. The van der Waals surface area contributed by atoms with Gasteiger partial charge in [-0.1, -0.05) is 0 Å². The minimum absolute atomic E-state index is 0.573. The van der Waals surface area contributed by atoms with Gasteiger partial charge in [0.1, 0.15) is 11.9 Å². The number of hydrogen-bond acceptors (Lipinski definition) is 5. The second-order valence-electron chi connectivity index (χ2n) is 6.68. The maximum Gasteiger partial charge on any atom is 0.128 e. The van der Waals surface area contributed by atoms with Gasteiger partial charge in [-0.15, -0.1) is 0 Å². The van der Waals surface area contributed by atoms with Crippen LogP contribution in [0.2, 0.25) is 0 Å². The zero-order valence-corrected chi connectivity index (χ0v) is 13.9. The second-order valence-corrected chi connectivity index (χ2v) is 6.68. The zero-order chi connectivity index (χ0) is 16.1. The molecule has 0 saturated carbocycles. The molecule has 1 unspecified atom stereocenters. The summed E-state index contributed by atoms with van der Waals surface area (Å²) in [5.41, 5.74) is 0.621. The monoisotopic (exact) mass is 314 g/mol. The number of nitrogens with one attached hydrogen (secondary N) is 1. The number of ether oxygens (including phenoxy) is 1. The third-order valence-corrected chi connectivity index (χ3v) is 5.17. The van der Waals surface area contributed by atoms with Crippen molar-refractivity contribution in [1.82, 2.24) is 10.3 Å². The molecule has 0 spiro atoms. The standard InChI is InChI=1S/C18H26N4O/c1-14(16-6-10-23-11-7-16)21-17-4-8-22(9-5-17)18-3-2-15(12-19)13-20-18/h2-3,13-14,16-17,21H,4-11H2,1H3. The molecule has 1 aromatic rings. The lowest BCUT2D eigenvalue weighted by atomic mass is 9.91. The average molecular weight is 314 g/mol. The normalized spacial score (nSPS) is 21.8. The molecule has 0 radical (unpaired) electrons. The fraction of sp³-hybridized carbons (Fsp3) is 0.667. The van der Waals surface area contributed by atoms with Gasteiger partial charge in [-0.2, -0.15) is 5.26 Å². The van der Waals surface area contributed by atoms with Gasteiger partial charge in [0.2, 0.25) is 0 Å². The summed E-state index contributed by atoms with van der Waals surface area (Å²) in [7, 11) is 0. The largest absolute Gasteiger partial charge is 0.381 e. The van der Waals surface area contributed by atoms with E-state index in [0.717, 1.165) is 50.9 Å². The van der Waals surface area contributed by atoms with Crippen LogP contribution in [-0.4, -0.2) is 43.4 Å². The summed E-state index contributed by atoms with van der Waals surface area (Å²) in [6, 6.07) is 7.09. The topological polar surface area (TPSA) is 61.2 Å². The fourth-order valence-electron chi connectivity index (χ4n) is 3.64. The molecule has 2 fully saturated rings. The van der Waals surface area contributed by atoms with Crippen LogP contribution in [0, 0.1) is 17.2 Å². The highest BCUT2D eigenvalue weighted by molar-refractivity contribution is 5.42. The zero-order valence-electron chi connectivity index (χ0n) is 13.9. The first-order chi connectivity index (χ1) is 11.3. The quantitative estimate of drug-likeness (QED) is 0.924. The van der Waals surface area contributed by atoms with E-state index in [1.807, 2.05) is 12.1 Å². The first-order valence-electron chi connectivity index (χ1n) is 8.71. The van der Waals surface area contributed by atoms with Crippen LogP contribution in [0.15, 0.2) is 18.3 Å². The summed E-state index contributed by atoms with van der Waals surface area (Å²) in [5.74, 6) is 1.74. The van der Waals surface area contributed by atoms with Crippen LogP contribution in [0.5, 0.6) is 0 Å². The Morgan fingerprint density at radius 3 is 2.61 bits per heavy atom. The third-order valence-electron chi connectivity index (χ3n) is 5.17. The van der Waals surface area contributed by atoms with Crippen molar-refractivity contribution in [3.63, 3.8) is 0 Å². The molecule has 0 amide bonds. The van der Waals surface area contributed by atoms with E-state index in [2.05, 4.69) is 28.2 Å². The van der Waals surface area contributed by atoms with Crippen LogP contribution >= 0.6 is 0 Å². The smallest absolute Gasteiger partial charge is 0.128 e. The van der Waals surface area contributed by atoms with E-state index in [1.54, 1.807) is 6.20 Å². The molecule has 2 aliphatic heterocycles. The lowest BCUT2D eigenvalue weighted by molar-refractivity contribution is 0.0539. The number of pyridine rings is 1. The Bertz CT molecular complexity index is 525. The minimum atomic E-state index is 0.573. The lowest BCUT2D eigenvalue weighted by Gasteiger charge is -2.37. The molecule has 2 aliphatic rings. The van der Waals surface area contributed by atoms with Crippen molar-refractivity contribution in [3.05, 3.63) is 23.9 Å². The Balaban J connectivity index is 1.47. The molecule has 0 aromatic carbocycles. The first kappa shape index (κ1) is 16.2. The first-order valence-corrected chi connectivity index (χ1v) is 8.71. The van der Waals surface area contributed by atoms with E-state index in [4.69, 9.17) is 10.00 Å². The predicted octanol–water partition coefficient (Wildman–Crippen LogP) is 2.33. The maximum absolute atomic E-state index is 8.85. The van der Waals surface area contributed by atoms with Crippen molar-refractivity contribution in [1.29, 1.82) is 5.26 Å². The van der Waals surface area contributed by atoms with Gasteiger partial charge in [-0.25, -0.2) is 4.98 Å². The maximum atomic E-state index is 8.85. The Morgan fingerprint density at radius 1 is 1.26 bits per heavy atom. The van der Waals surface area contributed by atoms with Crippen molar-refractivity contribution >= 4 is 5.82 Å². The summed E-state index contributed by atoms with van der Waals surface area (Å²) >= 11 is 0. The molecule has 23 heavy (non-hydrogen) atoms. The van der Waals surface area contributed by atoms with Crippen LogP contribution in [0.1, 0.15) is 38.2 Å². The number of nitrogens with zero attached hydrogens (tertiary/aromatic N) is 3. The molecule has 1 aromatic heterocycles. The van der Waals surface area contributed by atoms with Crippen molar-refractivity contribution < 1.29 is 4.74 Å². The average Bonchev–Trinajstić information content (AvgIpc) is 2.63. The SMILES string of the molecule is CC(NC1CCN(c2ccc(C#N)cn2)CC1)C1CCOCC1. The summed E-state index contributed by atoms with van der Waals surface area (Å²) in [6.07, 6.45) is 6.32. The third kappa shape index (κ3) is 4.21. The van der Waals surface area contributed by atoms with Crippen LogP contribution < -0.4 is 10.2 Å². The second kappa shape index (κ2) is 7.76. The molecule has 2 saturated heterocycles. The number of aromatic nitrogens is 1. The van der Waals surface area contributed by atoms with Gasteiger partial charge in [-0.05, 0) is 50.7 Å². The Hall–Kier alpha value is -1.64. The number of piperidine rings is 1. The van der Waals surface area contributed by atoms with E-state index in [9.17, 15) is 0 Å². The van der Waals surface area contributed by atoms with Gasteiger partial charge in [0, 0.05) is 44.6 Å². The van der Waals surface area contributed by atoms with Gasteiger partial charge >= 0.3 is 0 Å². The highest BCUT2D eigenvalue weighted by atomic mass is 16.5. The van der Waals surface area contributed by atoms with Gasteiger partial charge in [-0.3, -0.25) is 0 Å². The van der Waals surface area contributed by atoms with Gasteiger partial charge in [0.15, 0.2) is 0 Å². The molecule has 1 N–H and O–H groups in total. The van der Waals surface area contributed by atoms with E-state index in [1.165, 1.54) is 12.8 Å². The Morgan fingerprint density at radius 2 is 2.00 bits per heavy atom. The number of anilines is 1. The molecule has 3 rings (SSSR count). The van der Waals surface area contributed by atoms with E-state index >= 15 is 0 Å². The molecular formula is C18H26N4O. The molecule has 3 heterocycles. The molecule has 5 nitrogen and oxygen atoms in total. The van der Waals surface area contributed by atoms with Crippen LogP contribution in [0.4, 0.5) is 5.82 Å². The highest BCUT2D eigenvalue weighted by Gasteiger charge is 2.25. The molecular weight excluding hydrogens is 288 g/mol. The van der Waals surface area contributed by atoms with Crippen molar-refractivity contribution in [2.75, 3.05) is 31.2 Å². The highest BCUT2D eigenvalue weighted by Crippen LogP contribution is 2.22. The predicted molar refractivity (Wildman–Crippen MR) is 90.3 cm³/mol.